The van der Waals surface area contributed by atoms with E-state index in [-0.39, 0.29) is 11.9 Å². The van der Waals surface area contributed by atoms with Crippen LogP contribution >= 0.6 is 0 Å². The first-order valence-corrected chi connectivity index (χ1v) is 7.82. The van der Waals surface area contributed by atoms with Gasteiger partial charge in [-0.15, -0.1) is 11.8 Å². The molecule has 22 heavy (non-hydrogen) atoms. The van der Waals surface area contributed by atoms with Gasteiger partial charge in [-0.2, -0.15) is 0 Å². The summed E-state index contributed by atoms with van der Waals surface area (Å²) in [6.07, 6.45) is 4.70. The van der Waals surface area contributed by atoms with Crippen molar-refractivity contribution in [2.24, 2.45) is 0 Å². The van der Waals surface area contributed by atoms with Crippen molar-refractivity contribution in [3.8, 4) is 11.8 Å². The predicted molar refractivity (Wildman–Crippen MR) is 94.3 cm³/mol. The molecule has 0 aromatic rings. The van der Waals surface area contributed by atoms with E-state index in [1.807, 2.05) is 60.6 Å². The van der Waals surface area contributed by atoms with E-state index in [0.717, 1.165) is 22.5 Å². The van der Waals surface area contributed by atoms with Crippen LogP contribution in [0.5, 0.6) is 0 Å². The van der Waals surface area contributed by atoms with Crippen LogP contribution in [0.4, 0.5) is 0 Å². The van der Waals surface area contributed by atoms with Crippen LogP contribution in [-0.4, -0.2) is 11.9 Å². The van der Waals surface area contributed by atoms with Gasteiger partial charge in [-0.05, 0) is 40.2 Å². The molecule has 0 N–H and O–H groups in total. The molecule has 120 valence electrons. The summed E-state index contributed by atoms with van der Waals surface area (Å²) in [5.41, 5.74) is 3.29. The highest BCUT2D eigenvalue weighted by atomic mass is 16.5. The van der Waals surface area contributed by atoms with E-state index in [1.54, 1.807) is 0 Å². The van der Waals surface area contributed by atoms with Gasteiger partial charge in [0, 0.05) is 23.1 Å². The van der Waals surface area contributed by atoms with Crippen LogP contribution in [0, 0.1) is 11.8 Å². The quantitative estimate of drug-likeness (QED) is 0.457. The maximum atomic E-state index is 12.1. The lowest BCUT2D eigenvalue weighted by Gasteiger charge is -2.21. The topological polar surface area (TPSA) is 26.3 Å². The molecule has 0 amide bonds. The van der Waals surface area contributed by atoms with Crippen LogP contribution in [0.1, 0.15) is 54.9 Å². The minimum absolute atomic E-state index is 0.0399. The van der Waals surface area contributed by atoms with Crippen LogP contribution in [0.25, 0.3) is 0 Å². The first-order chi connectivity index (χ1) is 10.5. The van der Waals surface area contributed by atoms with Gasteiger partial charge in [0.05, 0.1) is 0 Å². The van der Waals surface area contributed by atoms with Gasteiger partial charge in [0.1, 0.15) is 11.9 Å². The van der Waals surface area contributed by atoms with E-state index in [0.29, 0.717) is 12.0 Å². The van der Waals surface area contributed by atoms with E-state index in [2.05, 4.69) is 18.4 Å². The van der Waals surface area contributed by atoms with E-state index in [1.165, 1.54) is 0 Å². The zero-order valence-electron chi connectivity index (χ0n) is 15.0. The zero-order valence-corrected chi connectivity index (χ0v) is 15.0. The van der Waals surface area contributed by atoms with Crippen LogP contribution < -0.4 is 0 Å². The average molecular weight is 300 g/mol. The number of ketones is 1. The molecule has 1 aliphatic heterocycles. The summed E-state index contributed by atoms with van der Waals surface area (Å²) in [4.78, 5) is 12.1. The second-order valence-electron chi connectivity index (χ2n) is 4.65. The summed E-state index contributed by atoms with van der Waals surface area (Å²) in [6.45, 7) is 17.4. The van der Waals surface area contributed by atoms with Gasteiger partial charge >= 0.3 is 0 Å². The minimum Gasteiger partial charge on any atom is -0.489 e. The Kier molecular flexibility index (Phi) is 8.94. The molecule has 0 aromatic heterocycles. The average Bonchev–Trinajstić information content (AvgIpc) is 2.94. The fraction of sp³-hybridized carbons (Fsp3) is 0.450. The van der Waals surface area contributed by atoms with Gasteiger partial charge in [-0.1, -0.05) is 32.6 Å². The maximum Gasteiger partial charge on any atom is 0.192 e. The molecule has 0 fully saturated rings. The second kappa shape index (κ2) is 9.84. The third kappa shape index (κ3) is 4.24. The molecule has 0 saturated carbocycles. The molecule has 2 aliphatic rings. The molecule has 1 unspecified atom stereocenters. The van der Waals surface area contributed by atoms with Crippen molar-refractivity contribution in [1.29, 1.82) is 0 Å². The van der Waals surface area contributed by atoms with Crippen molar-refractivity contribution in [3.05, 3.63) is 46.8 Å². The molecule has 0 saturated heterocycles. The molecule has 2 heteroatoms. The Hall–Kier alpha value is -2.01. The minimum atomic E-state index is 0.0399. The maximum absolute atomic E-state index is 12.1. The number of Topliss-reactive ketones (excluding diaryl/α,β-unsaturated/α-hetero) is 1. The van der Waals surface area contributed by atoms with Gasteiger partial charge in [0.25, 0.3) is 0 Å². The molecule has 0 radical (unpaired) electrons. The normalized spacial score (nSPS) is 22.8. The van der Waals surface area contributed by atoms with E-state index >= 15 is 0 Å². The van der Waals surface area contributed by atoms with E-state index < -0.39 is 0 Å². The lowest BCUT2D eigenvalue weighted by atomic mass is 9.83. The van der Waals surface area contributed by atoms with Gasteiger partial charge in [0.2, 0.25) is 0 Å². The van der Waals surface area contributed by atoms with Crippen molar-refractivity contribution in [2.45, 2.75) is 61.0 Å². The van der Waals surface area contributed by atoms with Crippen LogP contribution in [0.2, 0.25) is 0 Å². The highest BCUT2D eigenvalue weighted by molar-refractivity contribution is 6.14. The Morgan fingerprint density at radius 2 is 1.64 bits per heavy atom. The molecule has 2 rings (SSSR count). The van der Waals surface area contributed by atoms with Crippen molar-refractivity contribution in [3.63, 3.8) is 0 Å². The van der Waals surface area contributed by atoms with Crippen LogP contribution in [0.15, 0.2) is 46.8 Å². The monoisotopic (exact) mass is 300 g/mol. The van der Waals surface area contributed by atoms with Crippen LogP contribution in [0.3, 0.4) is 0 Å². The smallest absolute Gasteiger partial charge is 0.192 e. The Bertz CT molecular complexity index is 569. The molecule has 1 aliphatic carbocycles. The van der Waals surface area contributed by atoms with E-state index in [9.17, 15) is 4.79 Å². The Labute approximate surface area is 135 Å². The second-order valence-corrected chi connectivity index (χ2v) is 4.65. The van der Waals surface area contributed by atoms with Gasteiger partial charge < -0.3 is 4.74 Å². The zero-order chi connectivity index (χ0) is 17.3. The summed E-state index contributed by atoms with van der Waals surface area (Å²) < 4.78 is 5.73. The summed E-state index contributed by atoms with van der Waals surface area (Å²) >= 11 is 0. The van der Waals surface area contributed by atoms with Crippen molar-refractivity contribution >= 4 is 5.78 Å². The summed E-state index contributed by atoms with van der Waals surface area (Å²) in [5.74, 6) is 6.17. The fourth-order valence-electron chi connectivity index (χ4n) is 2.32. The highest BCUT2D eigenvalue weighted by Gasteiger charge is 2.36. The number of carbonyl (C=O) groups is 1. The summed E-state index contributed by atoms with van der Waals surface area (Å²) in [7, 11) is 0. The summed E-state index contributed by atoms with van der Waals surface area (Å²) in [5, 5.41) is 0. The molecular formula is C20H28O2. The SMILES string of the molecule is C=C1C(=O)C2=C(OC(C)C2)C(=C/C)/C1=C\C.CC.CC#CC. The number of hydrogen-bond donors (Lipinski definition) is 0. The molecule has 2 nitrogen and oxygen atoms in total. The number of ether oxygens (including phenoxy) is 1. The molecule has 1 atom stereocenters. The van der Waals surface area contributed by atoms with Crippen LogP contribution in [-0.2, 0) is 9.53 Å². The first-order valence-electron chi connectivity index (χ1n) is 7.82. The lowest BCUT2D eigenvalue weighted by Crippen LogP contribution is -2.16. The number of allylic oxidation sites excluding steroid dienone is 4. The molecule has 0 spiro atoms. The third-order valence-corrected chi connectivity index (χ3v) is 3.32. The Morgan fingerprint density at radius 1 is 1.14 bits per heavy atom. The van der Waals surface area contributed by atoms with E-state index in [4.69, 9.17) is 4.74 Å². The molecular weight excluding hydrogens is 272 g/mol. The first kappa shape index (κ1) is 20.0. The highest BCUT2D eigenvalue weighted by Crippen LogP contribution is 2.41. The number of rotatable bonds is 0. The molecule has 0 bridgehead atoms. The predicted octanol–water partition coefficient (Wildman–Crippen LogP) is 5.14. The Morgan fingerprint density at radius 3 is 2.05 bits per heavy atom. The third-order valence-electron chi connectivity index (χ3n) is 3.32. The van der Waals surface area contributed by atoms with Gasteiger partial charge in [0.15, 0.2) is 5.78 Å². The number of hydrogen-bond acceptors (Lipinski definition) is 2. The van der Waals surface area contributed by atoms with Crippen molar-refractivity contribution in [2.75, 3.05) is 0 Å². The molecule has 1 heterocycles. The van der Waals surface area contributed by atoms with Gasteiger partial charge in [-0.3, -0.25) is 4.79 Å². The van der Waals surface area contributed by atoms with Crippen molar-refractivity contribution in [1.82, 2.24) is 0 Å². The Balaban J connectivity index is 0.000000640. The number of carbonyl (C=O) groups excluding carboxylic acids is 1. The standard InChI is InChI=1S/C14H16O2.C4H6.C2H6/c1-5-10-9(4)13(15)12-7-8(3)16-14(12)11(10)6-2;1-3-4-2;1-2/h5-6,8H,4,7H2,1-3H3;1-2H3;1-2H3/b10-5-,11-6+;;. The van der Waals surface area contributed by atoms with Crippen molar-refractivity contribution < 1.29 is 9.53 Å². The van der Waals surface area contributed by atoms with Gasteiger partial charge in [-0.25, -0.2) is 0 Å². The molecule has 0 aromatic carbocycles. The fourth-order valence-corrected chi connectivity index (χ4v) is 2.32. The lowest BCUT2D eigenvalue weighted by molar-refractivity contribution is -0.112. The summed E-state index contributed by atoms with van der Waals surface area (Å²) in [6, 6.07) is 0. The largest absolute Gasteiger partial charge is 0.489 e.